The molecule has 0 radical (unpaired) electrons. The van der Waals surface area contributed by atoms with Crippen molar-refractivity contribution in [3.63, 3.8) is 0 Å². The number of nitrogens with zero attached hydrogens (tertiary/aromatic N) is 1. The first-order valence-corrected chi connectivity index (χ1v) is 5.38. The van der Waals surface area contributed by atoms with E-state index in [1.807, 2.05) is 0 Å². The second-order valence-electron chi connectivity index (χ2n) is 2.82. The van der Waals surface area contributed by atoms with Gasteiger partial charge in [0.05, 0.1) is 12.3 Å². The van der Waals surface area contributed by atoms with E-state index >= 15 is 0 Å². The fourth-order valence-electron chi connectivity index (χ4n) is 1.13. The topological polar surface area (TPSA) is 72.6 Å². The summed E-state index contributed by atoms with van der Waals surface area (Å²) in [6.07, 6.45) is -0.790. The van der Waals surface area contributed by atoms with Crippen LogP contribution in [-0.2, 0) is 4.74 Å². The van der Waals surface area contributed by atoms with Gasteiger partial charge in [-0.25, -0.2) is 9.59 Å². The number of para-hydroxylation sites is 1. The molecular formula is C10H11BrN2O3. The minimum absolute atomic E-state index is 0.174. The lowest BCUT2D eigenvalue weighted by molar-refractivity contribution is 0.160. The predicted molar refractivity (Wildman–Crippen MR) is 63.2 cm³/mol. The maximum Gasteiger partial charge on any atom is 0.422 e. The van der Waals surface area contributed by atoms with Crippen molar-refractivity contribution in [3.05, 3.63) is 28.7 Å². The Kier molecular flexibility index (Phi) is 4.30. The first-order valence-electron chi connectivity index (χ1n) is 4.58. The molecule has 0 saturated heterocycles. The molecular weight excluding hydrogens is 276 g/mol. The average molecular weight is 287 g/mol. The summed E-state index contributed by atoms with van der Waals surface area (Å²) < 4.78 is 5.33. The van der Waals surface area contributed by atoms with Gasteiger partial charge in [-0.3, -0.25) is 0 Å². The van der Waals surface area contributed by atoms with E-state index < -0.39 is 12.1 Å². The van der Waals surface area contributed by atoms with E-state index in [2.05, 4.69) is 15.9 Å². The number of nitrogens with two attached hydrogens (primary N) is 1. The molecule has 6 heteroatoms. The third-order valence-electron chi connectivity index (χ3n) is 1.76. The molecule has 0 fully saturated rings. The summed E-state index contributed by atoms with van der Waals surface area (Å²) in [7, 11) is 0. The number of carbonyl (C=O) groups is 2. The fraction of sp³-hybridized carbons (Fsp3) is 0.200. The van der Waals surface area contributed by atoms with E-state index in [-0.39, 0.29) is 6.61 Å². The molecule has 0 atom stereocenters. The van der Waals surface area contributed by atoms with Gasteiger partial charge < -0.3 is 10.5 Å². The van der Waals surface area contributed by atoms with Crippen molar-refractivity contribution in [2.45, 2.75) is 6.92 Å². The van der Waals surface area contributed by atoms with E-state index in [1.54, 1.807) is 31.2 Å². The summed E-state index contributed by atoms with van der Waals surface area (Å²) >= 11 is 3.23. The number of amides is 3. The van der Waals surface area contributed by atoms with Crippen LogP contribution in [0.5, 0.6) is 0 Å². The van der Waals surface area contributed by atoms with Gasteiger partial charge in [-0.2, -0.15) is 4.90 Å². The van der Waals surface area contributed by atoms with Crippen molar-refractivity contribution in [3.8, 4) is 0 Å². The molecule has 0 saturated carbocycles. The molecule has 0 spiro atoms. The third kappa shape index (κ3) is 2.73. The number of imide groups is 1. The predicted octanol–water partition coefficient (Wildman–Crippen LogP) is 2.49. The van der Waals surface area contributed by atoms with Gasteiger partial charge in [0.25, 0.3) is 0 Å². The molecule has 0 aliphatic heterocycles. The highest BCUT2D eigenvalue weighted by Gasteiger charge is 2.23. The lowest BCUT2D eigenvalue weighted by Crippen LogP contribution is -2.41. The Bertz CT molecular complexity index is 409. The Morgan fingerprint density at radius 2 is 2.06 bits per heavy atom. The van der Waals surface area contributed by atoms with Gasteiger partial charge in [0, 0.05) is 4.47 Å². The molecule has 1 aromatic rings. The van der Waals surface area contributed by atoms with Gasteiger partial charge in [-0.05, 0) is 35.0 Å². The molecule has 0 bridgehead atoms. The van der Waals surface area contributed by atoms with Gasteiger partial charge in [0.1, 0.15) is 0 Å². The van der Waals surface area contributed by atoms with Gasteiger partial charge in [0.2, 0.25) is 0 Å². The summed E-state index contributed by atoms with van der Waals surface area (Å²) in [5, 5.41) is 0. The molecule has 0 aliphatic carbocycles. The summed E-state index contributed by atoms with van der Waals surface area (Å²) in [6.45, 7) is 1.82. The number of halogens is 1. The Morgan fingerprint density at radius 1 is 1.44 bits per heavy atom. The van der Waals surface area contributed by atoms with Crippen LogP contribution in [0.25, 0.3) is 0 Å². The largest absolute Gasteiger partial charge is 0.449 e. The highest BCUT2D eigenvalue weighted by Crippen LogP contribution is 2.26. The summed E-state index contributed by atoms with van der Waals surface area (Å²) in [6, 6.07) is 5.86. The summed E-state index contributed by atoms with van der Waals surface area (Å²) in [5.41, 5.74) is 5.49. The monoisotopic (exact) mass is 286 g/mol. The van der Waals surface area contributed by atoms with Gasteiger partial charge in [0.15, 0.2) is 0 Å². The minimum Gasteiger partial charge on any atom is -0.449 e. The number of anilines is 1. The first kappa shape index (κ1) is 12.5. The molecule has 0 aliphatic rings. The summed E-state index contributed by atoms with van der Waals surface area (Å²) in [5.74, 6) is 0. The molecule has 16 heavy (non-hydrogen) atoms. The maximum atomic E-state index is 11.5. The number of carbonyl (C=O) groups excluding carboxylic acids is 2. The standard InChI is InChI=1S/C10H11BrN2O3/c1-2-16-10(15)13(9(12)14)8-6-4-3-5-7(8)11/h3-6H,2H2,1H3,(H2,12,14). The smallest absolute Gasteiger partial charge is 0.422 e. The number of rotatable bonds is 2. The SMILES string of the molecule is CCOC(=O)N(C(N)=O)c1ccccc1Br. The van der Waals surface area contributed by atoms with Crippen molar-refractivity contribution >= 4 is 33.7 Å². The molecule has 1 rings (SSSR count). The van der Waals surface area contributed by atoms with Crippen LogP contribution in [0.2, 0.25) is 0 Å². The molecule has 0 heterocycles. The van der Waals surface area contributed by atoms with Crippen molar-refractivity contribution in [1.82, 2.24) is 0 Å². The molecule has 0 unspecified atom stereocenters. The zero-order chi connectivity index (χ0) is 12.1. The van der Waals surface area contributed by atoms with Crippen LogP contribution in [0.4, 0.5) is 15.3 Å². The maximum absolute atomic E-state index is 11.5. The van der Waals surface area contributed by atoms with Gasteiger partial charge in [-0.1, -0.05) is 12.1 Å². The summed E-state index contributed by atoms with van der Waals surface area (Å²) in [4.78, 5) is 23.5. The molecule has 3 amide bonds. The molecule has 1 aromatic carbocycles. The van der Waals surface area contributed by atoms with E-state index in [0.29, 0.717) is 10.2 Å². The van der Waals surface area contributed by atoms with Crippen LogP contribution in [0.1, 0.15) is 6.92 Å². The zero-order valence-corrected chi connectivity index (χ0v) is 10.2. The van der Waals surface area contributed by atoms with Crippen molar-refractivity contribution < 1.29 is 14.3 Å². The number of ether oxygens (including phenoxy) is 1. The van der Waals surface area contributed by atoms with Crippen LogP contribution in [0, 0.1) is 0 Å². The lowest BCUT2D eigenvalue weighted by Gasteiger charge is -2.18. The number of urea groups is 1. The van der Waals surface area contributed by atoms with E-state index in [4.69, 9.17) is 10.5 Å². The fourth-order valence-corrected chi connectivity index (χ4v) is 1.59. The Morgan fingerprint density at radius 3 is 2.56 bits per heavy atom. The number of primary amides is 1. The third-order valence-corrected chi connectivity index (χ3v) is 2.43. The first-order chi connectivity index (χ1) is 7.57. The Labute approximate surface area is 101 Å². The Hall–Kier alpha value is -1.56. The van der Waals surface area contributed by atoms with Crippen LogP contribution >= 0.6 is 15.9 Å². The van der Waals surface area contributed by atoms with Crippen molar-refractivity contribution in [2.75, 3.05) is 11.5 Å². The number of benzene rings is 1. The van der Waals surface area contributed by atoms with Crippen LogP contribution in [0.3, 0.4) is 0 Å². The lowest BCUT2D eigenvalue weighted by atomic mass is 10.3. The molecule has 0 aromatic heterocycles. The van der Waals surface area contributed by atoms with Crippen LogP contribution in [0.15, 0.2) is 28.7 Å². The van der Waals surface area contributed by atoms with Crippen LogP contribution < -0.4 is 10.6 Å². The number of hydrogen-bond acceptors (Lipinski definition) is 3. The molecule has 2 N–H and O–H groups in total. The molecule has 5 nitrogen and oxygen atoms in total. The highest BCUT2D eigenvalue weighted by molar-refractivity contribution is 9.10. The second-order valence-corrected chi connectivity index (χ2v) is 3.68. The average Bonchev–Trinajstić information content (AvgIpc) is 2.21. The van der Waals surface area contributed by atoms with Gasteiger partial charge in [-0.15, -0.1) is 0 Å². The normalized spacial score (nSPS) is 9.62. The van der Waals surface area contributed by atoms with Crippen molar-refractivity contribution in [1.29, 1.82) is 0 Å². The van der Waals surface area contributed by atoms with E-state index in [1.165, 1.54) is 0 Å². The van der Waals surface area contributed by atoms with Gasteiger partial charge >= 0.3 is 12.1 Å². The second kappa shape index (κ2) is 5.50. The minimum atomic E-state index is -0.884. The zero-order valence-electron chi connectivity index (χ0n) is 8.64. The highest BCUT2D eigenvalue weighted by atomic mass is 79.9. The van der Waals surface area contributed by atoms with Crippen LogP contribution in [-0.4, -0.2) is 18.7 Å². The van der Waals surface area contributed by atoms with Crippen molar-refractivity contribution in [2.24, 2.45) is 5.73 Å². The quantitative estimate of drug-likeness (QED) is 0.908. The Balaban J connectivity index is 3.08. The van der Waals surface area contributed by atoms with E-state index in [0.717, 1.165) is 4.90 Å². The van der Waals surface area contributed by atoms with E-state index in [9.17, 15) is 9.59 Å². The number of hydrogen-bond donors (Lipinski definition) is 1. The molecule has 86 valence electrons.